The Kier molecular flexibility index (Phi) is 5.59. The normalized spacial score (nSPS) is 21.3. The summed E-state index contributed by atoms with van der Waals surface area (Å²) in [5, 5.41) is 2.90. The summed E-state index contributed by atoms with van der Waals surface area (Å²) >= 11 is 3.49. The van der Waals surface area contributed by atoms with Gasteiger partial charge in [-0.15, -0.1) is 0 Å². The first kappa shape index (κ1) is 23.4. The van der Waals surface area contributed by atoms with Gasteiger partial charge in [0.2, 0.25) is 5.91 Å². The van der Waals surface area contributed by atoms with Crippen LogP contribution in [0.25, 0.3) is 0 Å². The van der Waals surface area contributed by atoms with Crippen molar-refractivity contribution in [2.75, 3.05) is 16.8 Å². The van der Waals surface area contributed by atoms with Crippen LogP contribution in [0.4, 0.5) is 11.4 Å². The first-order chi connectivity index (χ1) is 16.7. The van der Waals surface area contributed by atoms with Crippen LogP contribution < -0.4 is 16.0 Å². The lowest BCUT2D eigenvalue weighted by Crippen LogP contribution is -2.53. The maximum absolute atomic E-state index is 13.9. The third kappa shape index (κ3) is 3.34. The molecule has 1 aliphatic carbocycles. The smallest absolute Gasteiger partial charge is 0.339 e. The van der Waals surface area contributed by atoms with Crippen LogP contribution in [0.15, 0.2) is 63.5 Å². The van der Waals surface area contributed by atoms with E-state index in [1.54, 1.807) is 30.0 Å². The number of ketones is 1. The van der Waals surface area contributed by atoms with Crippen molar-refractivity contribution < 1.29 is 19.1 Å². The van der Waals surface area contributed by atoms with E-state index >= 15 is 0 Å². The van der Waals surface area contributed by atoms with Crippen molar-refractivity contribution in [3.8, 4) is 0 Å². The molecule has 3 N–H and O–H groups in total. The first-order valence-electron chi connectivity index (χ1n) is 11.6. The number of nitrogens with zero attached hydrogens (tertiary/aromatic N) is 1. The van der Waals surface area contributed by atoms with Gasteiger partial charge < -0.3 is 15.8 Å². The van der Waals surface area contributed by atoms with E-state index in [0.717, 1.165) is 21.3 Å². The highest BCUT2D eigenvalue weighted by Gasteiger charge is 2.62. The van der Waals surface area contributed by atoms with E-state index in [1.165, 1.54) is 0 Å². The molecule has 2 heterocycles. The van der Waals surface area contributed by atoms with E-state index < -0.39 is 17.3 Å². The van der Waals surface area contributed by atoms with Gasteiger partial charge in [0.25, 0.3) is 0 Å². The van der Waals surface area contributed by atoms with Crippen LogP contribution in [-0.2, 0) is 24.5 Å². The highest BCUT2D eigenvalue weighted by molar-refractivity contribution is 9.10. The quantitative estimate of drug-likeness (QED) is 0.560. The maximum atomic E-state index is 13.9. The lowest BCUT2D eigenvalue weighted by atomic mass is 9.63. The molecule has 0 saturated carbocycles. The van der Waals surface area contributed by atoms with Crippen LogP contribution >= 0.6 is 15.9 Å². The van der Waals surface area contributed by atoms with Crippen LogP contribution in [-0.4, -0.2) is 24.3 Å². The van der Waals surface area contributed by atoms with Gasteiger partial charge in [0.15, 0.2) is 5.78 Å². The topological polar surface area (TPSA) is 102 Å². The lowest BCUT2D eigenvalue weighted by molar-refractivity contribution is -0.140. The number of Topliss-reactive ketones (excluding diaryl/α,β-unsaturated/α-hetero) is 1. The molecular weight excluding hydrogens is 510 g/mol. The molecule has 2 aromatic rings. The number of aryl methyl sites for hydroxylation is 2. The van der Waals surface area contributed by atoms with E-state index in [1.807, 2.05) is 32.0 Å². The number of halogens is 1. The summed E-state index contributed by atoms with van der Waals surface area (Å²) in [6.45, 7) is 5.75. The van der Waals surface area contributed by atoms with E-state index in [-0.39, 0.29) is 30.2 Å². The molecule has 0 fully saturated rings. The molecule has 0 aromatic heterocycles. The number of fused-ring (bicyclic) bond motifs is 3. The van der Waals surface area contributed by atoms with Gasteiger partial charge in [0, 0.05) is 39.1 Å². The Hall–Kier alpha value is -3.39. The Bertz CT molecular complexity index is 1360. The number of amides is 1. The number of carbonyl (C=O) groups excluding carboxylic acids is 3. The summed E-state index contributed by atoms with van der Waals surface area (Å²) in [5.74, 6) is -1.26. The van der Waals surface area contributed by atoms with Crippen molar-refractivity contribution >= 4 is 45.0 Å². The molecule has 7 nitrogen and oxygen atoms in total. The number of anilines is 2. The van der Waals surface area contributed by atoms with E-state index in [0.29, 0.717) is 35.4 Å². The minimum Gasteiger partial charge on any atom is -0.462 e. The molecule has 180 valence electrons. The van der Waals surface area contributed by atoms with Crippen molar-refractivity contribution in [2.45, 2.75) is 45.4 Å². The number of nitrogens with two attached hydrogens (primary N) is 1. The van der Waals surface area contributed by atoms with Gasteiger partial charge in [0.05, 0.1) is 6.61 Å². The molecular formula is C27H26BrN3O4. The minimum atomic E-state index is -1.68. The fourth-order valence-electron chi connectivity index (χ4n) is 5.66. The SMILES string of the molecule is CCOC(=O)C1=C(N)N(c2cc(C)cc(C)c2)C2=C(C(=O)CCC2)C12C(=O)Nc1ccc(Br)cc12. The highest BCUT2D eigenvalue weighted by atomic mass is 79.9. The molecule has 0 saturated heterocycles. The molecule has 0 bridgehead atoms. The monoisotopic (exact) mass is 535 g/mol. The molecule has 1 spiro atoms. The largest absolute Gasteiger partial charge is 0.462 e. The van der Waals surface area contributed by atoms with Gasteiger partial charge in [-0.25, -0.2) is 4.79 Å². The Morgan fingerprint density at radius 3 is 2.54 bits per heavy atom. The number of nitrogens with one attached hydrogen (secondary N) is 1. The Balaban J connectivity index is 1.91. The number of carbonyl (C=O) groups is 3. The summed E-state index contributed by atoms with van der Waals surface area (Å²) in [4.78, 5) is 42.9. The van der Waals surface area contributed by atoms with E-state index in [2.05, 4.69) is 21.2 Å². The molecule has 1 atom stereocenters. The van der Waals surface area contributed by atoms with Crippen molar-refractivity contribution in [3.63, 3.8) is 0 Å². The minimum absolute atomic E-state index is 0.0261. The van der Waals surface area contributed by atoms with Gasteiger partial charge in [-0.3, -0.25) is 14.5 Å². The standard InChI is InChI=1S/C27H26BrN3O4/c1-4-35-25(33)23-24(29)31(17-11-14(2)10-15(3)12-17)20-6-5-7-21(32)22(20)27(23)18-13-16(28)8-9-19(18)30-26(27)34/h8-13H,4-7,29H2,1-3H3,(H,30,34). The van der Waals surface area contributed by atoms with Crippen LogP contribution in [0.5, 0.6) is 0 Å². The van der Waals surface area contributed by atoms with Crippen molar-refractivity contribution in [1.82, 2.24) is 0 Å². The van der Waals surface area contributed by atoms with E-state index in [9.17, 15) is 14.4 Å². The van der Waals surface area contributed by atoms with Crippen LogP contribution in [0.3, 0.4) is 0 Å². The van der Waals surface area contributed by atoms with Crippen LogP contribution in [0.2, 0.25) is 0 Å². The number of hydrogen-bond acceptors (Lipinski definition) is 6. The number of benzene rings is 2. The second-order valence-electron chi connectivity index (χ2n) is 9.15. The number of hydrogen-bond donors (Lipinski definition) is 2. The molecule has 8 heteroatoms. The molecule has 3 aliphatic rings. The molecule has 1 amide bonds. The molecule has 1 unspecified atom stereocenters. The first-order valence-corrected chi connectivity index (χ1v) is 12.4. The van der Waals surface area contributed by atoms with Crippen LogP contribution in [0.1, 0.15) is 42.9 Å². The fraction of sp³-hybridized carbons (Fsp3) is 0.296. The highest BCUT2D eigenvalue weighted by Crippen LogP contribution is 2.56. The summed E-state index contributed by atoms with van der Waals surface area (Å²) < 4.78 is 6.17. The predicted molar refractivity (Wildman–Crippen MR) is 137 cm³/mol. The lowest BCUT2D eigenvalue weighted by Gasteiger charge is -2.44. The zero-order chi connectivity index (χ0) is 25.1. The molecule has 5 rings (SSSR count). The second-order valence-corrected chi connectivity index (χ2v) is 10.1. The third-order valence-corrected chi connectivity index (χ3v) is 7.31. The fourth-order valence-corrected chi connectivity index (χ4v) is 6.02. The number of allylic oxidation sites excluding steroid dienone is 1. The average Bonchev–Trinajstić information content (AvgIpc) is 3.05. The van der Waals surface area contributed by atoms with Gasteiger partial charge in [-0.05, 0) is 75.1 Å². The van der Waals surface area contributed by atoms with Gasteiger partial charge in [-0.1, -0.05) is 22.0 Å². The summed E-state index contributed by atoms with van der Waals surface area (Å²) in [7, 11) is 0. The average molecular weight is 536 g/mol. The maximum Gasteiger partial charge on any atom is 0.339 e. The van der Waals surface area contributed by atoms with Crippen molar-refractivity contribution in [2.24, 2.45) is 5.73 Å². The second kappa shape index (κ2) is 8.37. The summed E-state index contributed by atoms with van der Waals surface area (Å²) in [5.41, 5.74) is 9.90. The van der Waals surface area contributed by atoms with Gasteiger partial charge in [0.1, 0.15) is 16.8 Å². The Morgan fingerprint density at radius 1 is 1.14 bits per heavy atom. The van der Waals surface area contributed by atoms with Crippen LogP contribution in [0, 0.1) is 13.8 Å². The number of ether oxygens (including phenoxy) is 1. The Labute approximate surface area is 212 Å². The molecule has 0 radical (unpaired) electrons. The van der Waals surface area contributed by atoms with Crippen molar-refractivity contribution in [1.29, 1.82) is 0 Å². The zero-order valence-electron chi connectivity index (χ0n) is 19.8. The van der Waals surface area contributed by atoms with Gasteiger partial charge >= 0.3 is 5.97 Å². The number of rotatable bonds is 3. The molecule has 2 aliphatic heterocycles. The van der Waals surface area contributed by atoms with E-state index in [4.69, 9.17) is 10.5 Å². The number of esters is 1. The Morgan fingerprint density at radius 2 is 1.86 bits per heavy atom. The van der Waals surface area contributed by atoms with Gasteiger partial charge in [-0.2, -0.15) is 0 Å². The predicted octanol–water partition coefficient (Wildman–Crippen LogP) is 4.52. The zero-order valence-corrected chi connectivity index (χ0v) is 21.4. The summed E-state index contributed by atoms with van der Waals surface area (Å²) in [6, 6.07) is 11.3. The molecule has 35 heavy (non-hydrogen) atoms. The summed E-state index contributed by atoms with van der Waals surface area (Å²) in [6.07, 6.45) is 1.46. The third-order valence-electron chi connectivity index (χ3n) is 6.82. The van der Waals surface area contributed by atoms with Crippen molar-refractivity contribution in [3.05, 3.63) is 80.2 Å². The molecule has 2 aromatic carbocycles.